The van der Waals surface area contributed by atoms with E-state index >= 15 is 0 Å². The highest BCUT2D eigenvalue weighted by Gasteiger charge is 2.17. The number of benzene rings is 1. The zero-order valence-electron chi connectivity index (χ0n) is 10.2. The second-order valence-corrected chi connectivity index (χ2v) is 5.34. The Bertz CT molecular complexity index is 743. The summed E-state index contributed by atoms with van der Waals surface area (Å²) in [6.07, 6.45) is 0. The van der Waals surface area contributed by atoms with E-state index in [1.807, 2.05) is 0 Å². The van der Waals surface area contributed by atoms with Crippen LogP contribution in [0.2, 0.25) is 5.02 Å². The number of carboxylic acid groups (broad SMARTS) is 1. The van der Waals surface area contributed by atoms with Crippen molar-refractivity contribution in [2.24, 2.45) is 0 Å². The number of thiophene rings is 1. The molecule has 2 rings (SSSR count). The second kappa shape index (κ2) is 5.90. The number of aromatic carboxylic acids is 1. The van der Waals surface area contributed by atoms with Crippen molar-refractivity contribution in [2.75, 3.05) is 5.32 Å². The molecule has 108 valence electrons. The van der Waals surface area contributed by atoms with Gasteiger partial charge in [0.1, 0.15) is 4.88 Å². The van der Waals surface area contributed by atoms with Crippen LogP contribution in [0, 0.1) is 10.1 Å². The van der Waals surface area contributed by atoms with Gasteiger partial charge in [-0.3, -0.25) is 14.9 Å². The van der Waals surface area contributed by atoms with Gasteiger partial charge in [-0.1, -0.05) is 11.6 Å². The number of halogens is 1. The Morgan fingerprint density at radius 3 is 2.57 bits per heavy atom. The molecule has 0 unspecified atom stereocenters. The van der Waals surface area contributed by atoms with Crippen molar-refractivity contribution < 1.29 is 19.6 Å². The highest BCUT2D eigenvalue weighted by molar-refractivity contribution is 7.18. The van der Waals surface area contributed by atoms with Crippen molar-refractivity contribution in [3.8, 4) is 0 Å². The Labute approximate surface area is 126 Å². The van der Waals surface area contributed by atoms with E-state index in [0.717, 1.165) is 17.4 Å². The molecule has 0 radical (unpaired) electrons. The van der Waals surface area contributed by atoms with Gasteiger partial charge >= 0.3 is 5.97 Å². The average molecular weight is 327 g/mol. The van der Waals surface area contributed by atoms with E-state index in [2.05, 4.69) is 5.32 Å². The van der Waals surface area contributed by atoms with Crippen LogP contribution in [0.15, 0.2) is 30.3 Å². The molecule has 0 bridgehead atoms. The third-order valence-electron chi connectivity index (χ3n) is 2.46. The Balaban J connectivity index is 2.25. The van der Waals surface area contributed by atoms with Gasteiger partial charge in [0, 0.05) is 12.1 Å². The van der Waals surface area contributed by atoms with Crippen LogP contribution < -0.4 is 5.32 Å². The fourth-order valence-corrected chi connectivity index (χ4v) is 2.44. The van der Waals surface area contributed by atoms with Crippen LogP contribution >= 0.6 is 22.9 Å². The van der Waals surface area contributed by atoms with Crippen molar-refractivity contribution in [3.05, 3.63) is 55.9 Å². The molecule has 1 amide bonds. The minimum Gasteiger partial charge on any atom is -0.477 e. The first-order chi connectivity index (χ1) is 9.88. The largest absolute Gasteiger partial charge is 0.477 e. The van der Waals surface area contributed by atoms with Crippen LogP contribution in [0.3, 0.4) is 0 Å². The summed E-state index contributed by atoms with van der Waals surface area (Å²) in [6, 6.07) is 6.27. The van der Waals surface area contributed by atoms with Crippen LogP contribution in [-0.4, -0.2) is 21.9 Å². The normalized spacial score (nSPS) is 10.1. The molecule has 0 aliphatic rings. The standard InChI is InChI=1S/C12H7ClN2O5S/c13-8-2-1-6(15(19)20)5-7(8)11(16)14-10-4-3-9(21-10)12(17)18/h1-5H,(H,14,16)(H,17,18). The number of carboxylic acids is 1. The lowest BCUT2D eigenvalue weighted by Crippen LogP contribution is -2.11. The molecule has 0 saturated carbocycles. The molecule has 0 fully saturated rings. The minimum absolute atomic E-state index is 0.0591. The van der Waals surface area contributed by atoms with Gasteiger partial charge in [0.15, 0.2) is 0 Å². The van der Waals surface area contributed by atoms with Crippen molar-refractivity contribution in [1.82, 2.24) is 0 Å². The molecule has 2 N–H and O–H groups in total. The Kier molecular flexibility index (Phi) is 4.20. The highest BCUT2D eigenvalue weighted by atomic mass is 35.5. The third-order valence-corrected chi connectivity index (χ3v) is 3.78. The lowest BCUT2D eigenvalue weighted by molar-refractivity contribution is -0.384. The van der Waals surface area contributed by atoms with Crippen molar-refractivity contribution in [2.45, 2.75) is 0 Å². The summed E-state index contributed by atoms with van der Waals surface area (Å²) in [7, 11) is 0. The monoisotopic (exact) mass is 326 g/mol. The fourth-order valence-electron chi connectivity index (χ4n) is 1.50. The number of hydrogen-bond acceptors (Lipinski definition) is 5. The van der Waals surface area contributed by atoms with Crippen molar-refractivity contribution >= 4 is 45.5 Å². The molecule has 0 saturated heterocycles. The first-order valence-corrected chi connectivity index (χ1v) is 6.66. The van der Waals surface area contributed by atoms with Gasteiger partial charge in [0.2, 0.25) is 0 Å². The van der Waals surface area contributed by atoms with Gasteiger partial charge in [-0.05, 0) is 18.2 Å². The summed E-state index contributed by atoms with van der Waals surface area (Å²) in [5.74, 6) is -1.75. The number of nitro benzene ring substituents is 1. The van der Waals surface area contributed by atoms with E-state index < -0.39 is 16.8 Å². The Hall–Kier alpha value is -2.45. The number of rotatable bonds is 4. The van der Waals surface area contributed by atoms with Gasteiger partial charge in [0.05, 0.1) is 20.5 Å². The van der Waals surface area contributed by atoms with Crippen LogP contribution in [0.4, 0.5) is 10.7 Å². The first-order valence-electron chi connectivity index (χ1n) is 5.47. The summed E-state index contributed by atoms with van der Waals surface area (Å²) in [4.78, 5) is 32.9. The number of nitrogens with one attached hydrogen (secondary N) is 1. The molecule has 0 spiro atoms. The summed E-state index contributed by atoms with van der Waals surface area (Å²) < 4.78 is 0. The molecular formula is C12H7ClN2O5S. The maximum Gasteiger partial charge on any atom is 0.345 e. The van der Waals surface area contributed by atoms with E-state index in [0.29, 0.717) is 5.00 Å². The quantitative estimate of drug-likeness (QED) is 0.662. The van der Waals surface area contributed by atoms with Crippen LogP contribution in [-0.2, 0) is 0 Å². The smallest absolute Gasteiger partial charge is 0.345 e. The van der Waals surface area contributed by atoms with Gasteiger partial charge in [-0.25, -0.2) is 4.79 Å². The van der Waals surface area contributed by atoms with Crippen LogP contribution in [0.25, 0.3) is 0 Å². The highest BCUT2D eigenvalue weighted by Crippen LogP contribution is 2.26. The topological polar surface area (TPSA) is 110 Å². The predicted octanol–water partition coefficient (Wildman–Crippen LogP) is 3.26. The summed E-state index contributed by atoms with van der Waals surface area (Å²) in [5, 5.41) is 22.3. The van der Waals surface area contributed by atoms with E-state index in [1.54, 1.807) is 0 Å². The number of hydrogen-bond donors (Lipinski definition) is 2. The molecule has 0 aliphatic carbocycles. The second-order valence-electron chi connectivity index (χ2n) is 3.84. The maximum absolute atomic E-state index is 12.0. The predicted molar refractivity (Wildman–Crippen MR) is 77.3 cm³/mol. The van der Waals surface area contributed by atoms with E-state index in [4.69, 9.17) is 16.7 Å². The van der Waals surface area contributed by atoms with Crippen molar-refractivity contribution in [3.63, 3.8) is 0 Å². The van der Waals surface area contributed by atoms with Crippen LogP contribution in [0.5, 0.6) is 0 Å². The zero-order valence-corrected chi connectivity index (χ0v) is 11.8. The van der Waals surface area contributed by atoms with E-state index in [9.17, 15) is 19.7 Å². The number of non-ortho nitro benzene ring substituents is 1. The van der Waals surface area contributed by atoms with Crippen molar-refractivity contribution in [1.29, 1.82) is 0 Å². The maximum atomic E-state index is 12.0. The first kappa shape index (κ1) is 14.9. The summed E-state index contributed by atoms with van der Waals surface area (Å²) in [6.45, 7) is 0. The van der Waals surface area contributed by atoms with E-state index in [-0.39, 0.29) is 21.2 Å². The molecule has 0 aliphatic heterocycles. The number of amides is 1. The molecule has 0 atom stereocenters. The van der Waals surface area contributed by atoms with Gasteiger partial charge in [0.25, 0.3) is 11.6 Å². The number of carbonyl (C=O) groups excluding carboxylic acids is 1. The molecule has 2 aromatic rings. The minimum atomic E-state index is -1.10. The van der Waals surface area contributed by atoms with Crippen LogP contribution in [0.1, 0.15) is 20.0 Å². The Morgan fingerprint density at radius 2 is 2.00 bits per heavy atom. The van der Waals surface area contributed by atoms with E-state index in [1.165, 1.54) is 24.3 Å². The molecular weight excluding hydrogens is 320 g/mol. The molecule has 7 nitrogen and oxygen atoms in total. The SMILES string of the molecule is O=C(O)c1ccc(NC(=O)c2cc([N+](=O)[O-])ccc2Cl)s1. The fraction of sp³-hybridized carbons (Fsp3) is 0. The molecule has 9 heteroatoms. The Morgan fingerprint density at radius 1 is 1.29 bits per heavy atom. The third kappa shape index (κ3) is 3.36. The molecule has 1 aromatic heterocycles. The number of nitro groups is 1. The molecule has 1 heterocycles. The number of anilines is 1. The summed E-state index contributed by atoms with van der Waals surface area (Å²) in [5.41, 5.74) is -0.321. The van der Waals surface area contributed by atoms with Gasteiger partial charge in [-0.15, -0.1) is 11.3 Å². The lowest BCUT2D eigenvalue weighted by Gasteiger charge is -2.04. The number of nitrogens with zero attached hydrogens (tertiary/aromatic N) is 1. The summed E-state index contributed by atoms with van der Waals surface area (Å²) >= 11 is 6.72. The zero-order chi connectivity index (χ0) is 15.6. The average Bonchev–Trinajstić information content (AvgIpc) is 2.87. The lowest BCUT2D eigenvalue weighted by atomic mass is 10.2. The molecule has 1 aromatic carbocycles. The molecule has 21 heavy (non-hydrogen) atoms. The number of carbonyl (C=O) groups is 2. The van der Waals surface area contributed by atoms with Gasteiger partial charge in [-0.2, -0.15) is 0 Å². The van der Waals surface area contributed by atoms with Gasteiger partial charge < -0.3 is 10.4 Å².